The second kappa shape index (κ2) is 5.70. The van der Waals surface area contributed by atoms with E-state index in [4.69, 9.17) is 5.26 Å². The van der Waals surface area contributed by atoms with E-state index in [9.17, 15) is 8.42 Å². The van der Waals surface area contributed by atoms with Crippen molar-refractivity contribution in [1.29, 1.82) is 5.26 Å². The third-order valence-corrected chi connectivity index (χ3v) is 5.30. The topological polar surface area (TPSA) is 64.4 Å². The van der Waals surface area contributed by atoms with Gasteiger partial charge in [0, 0.05) is 26.2 Å². The quantitative estimate of drug-likeness (QED) is 0.825. The molecule has 0 saturated carbocycles. The third-order valence-electron chi connectivity index (χ3n) is 3.39. The maximum absolute atomic E-state index is 12.4. The molecule has 19 heavy (non-hydrogen) atoms. The van der Waals surface area contributed by atoms with Gasteiger partial charge in [-0.15, -0.1) is 0 Å². The van der Waals surface area contributed by atoms with Crippen molar-refractivity contribution < 1.29 is 8.42 Å². The normalized spacial score (nSPS) is 19.8. The number of piperazine rings is 1. The van der Waals surface area contributed by atoms with Crippen molar-refractivity contribution in [3.8, 4) is 6.07 Å². The van der Waals surface area contributed by atoms with Crippen LogP contribution in [0.2, 0.25) is 0 Å². The summed E-state index contributed by atoms with van der Waals surface area (Å²) < 4.78 is 26.2. The molecule has 1 aromatic rings. The molecule has 1 aromatic carbocycles. The van der Waals surface area contributed by atoms with Gasteiger partial charge in [0.25, 0.3) is 0 Å². The van der Waals surface area contributed by atoms with E-state index < -0.39 is 10.0 Å². The van der Waals surface area contributed by atoms with Crippen LogP contribution in [0.3, 0.4) is 0 Å². The highest BCUT2D eigenvalue weighted by Gasteiger charge is 2.29. The van der Waals surface area contributed by atoms with Gasteiger partial charge >= 0.3 is 0 Å². The summed E-state index contributed by atoms with van der Waals surface area (Å²) in [4.78, 5) is 2.33. The Morgan fingerprint density at radius 1 is 1.16 bits per heavy atom. The lowest BCUT2D eigenvalue weighted by atomic mass is 10.2. The van der Waals surface area contributed by atoms with Gasteiger partial charge in [-0.1, -0.05) is 18.2 Å². The van der Waals surface area contributed by atoms with E-state index in [0.29, 0.717) is 31.1 Å². The SMILES string of the molecule is CC(C#N)N1CCN(S(=O)(=O)c2ccccc2)CC1. The van der Waals surface area contributed by atoms with Gasteiger partial charge in [-0.2, -0.15) is 9.57 Å². The minimum Gasteiger partial charge on any atom is -0.286 e. The van der Waals surface area contributed by atoms with Gasteiger partial charge in [0.15, 0.2) is 0 Å². The summed E-state index contributed by atoms with van der Waals surface area (Å²) in [6.45, 7) is 3.90. The monoisotopic (exact) mass is 279 g/mol. The largest absolute Gasteiger partial charge is 0.286 e. The predicted molar refractivity (Wildman–Crippen MR) is 71.8 cm³/mol. The van der Waals surface area contributed by atoms with Crippen LogP contribution in [-0.2, 0) is 10.0 Å². The molecule has 1 unspecified atom stereocenters. The Morgan fingerprint density at radius 2 is 1.74 bits per heavy atom. The molecule has 2 rings (SSSR count). The summed E-state index contributed by atoms with van der Waals surface area (Å²) in [5.74, 6) is 0. The third kappa shape index (κ3) is 2.95. The summed E-state index contributed by atoms with van der Waals surface area (Å²) >= 11 is 0. The van der Waals surface area contributed by atoms with Gasteiger partial charge in [0.1, 0.15) is 0 Å². The number of rotatable bonds is 3. The lowest BCUT2D eigenvalue weighted by molar-refractivity contribution is 0.169. The fourth-order valence-corrected chi connectivity index (χ4v) is 3.60. The molecule has 5 nitrogen and oxygen atoms in total. The van der Waals surface area contributed by atoms with Crippen molar-refractivity contribution in [2.24, 2.45) is 0 Å². The molecular weight excluding hydrogens is 262 g/mol. The summed E-state index contributed by atoms with van der Waals surface area (Å²) in [6, 6.07) is 10.5. The van der Waals surface area contributed by atoms with E-state index in [1.807, 2.05) is 11.8 Å². The van der Waals surface area contributed by atoms with Crippen LogP contribution < -0.4 is 0 Å². The Balaban J connectivity index is 2.08. The van der Waals surface area contributed by atoms with Gasteiger partial charge in [-0.3, -0.25) is 4.90 Å². The van der Waals surface area contributed by atoms with Gasteiger partial charge in [-0.25, -0.2) is 8.42 Å². The molecule has 0 spiro atoms. The minimum atomic E-state index is -3.39. The van der Waals surface area contributed by atoms with Crippen molar-refractivity contribution in [2.45, 2.75) is 17.9 Å². The standard InChI is InChI=1S/C13H17N3O2S/c1-12(11-14)15-7-9-16(10-8-15)19(17,18)13-5-3-2-4-6-13/h2-6,12H,7-10H2,1H3. The summed E-state index contributed by atoms with van der Waals surface area (Å²) in [6.07, 6.45) is 0. The van der Waals surface area contributed by atoms with Gasteiger partial charge in [-0.05, 0) is 19.1 Å². The molecule has 0 bridgehead atoms. The zero-order valence-corrected chi connectivity index (χ0v) is 11.7. The molecule has 102 valence electrons. The number of benzene rings is 1. The Labute approximate surface area is 114 Å². The van der Waals surface area contributed by atoms with Crippen LogP contribution in [-0.4, -0.2) is 49.8 Å². The Bertz CT molecular complexity index is 557. The molecule has 0 aromatic heterocycles. The zero-order valence-electron chi connectivity index (χ0n) is 10.9. The Kier molecular flexibility index (Phi) is 4.20. The van der Waals surface area contributed by atoms with Gasteiger partial charge in [0.2, 0.25) is 10.0 Å². The van der Waals surface area contributed by atoms with Crippen LogP contribution in [0.15, 0.2) is 35.2 Å². The Hall–Kier alpha value is -1.42. The fourth-order valence-electron chi connectivity index (χ4n) is 2.15. The van der Waals surface area contributed by atoms with E-state index in [-0.39, 0.29) is 6.04 Å². The summed E-state index contributed by atoms with van der Waals surface area (Å²) in [7, 11) is -3.39. The average molecular weight is 279 g/mol. The average Bonchev–Trinajstić information content (AvgIpc) is 2.47. The highest BCUT2D eigenvalue weighted by molar-refractivity contribution is 7.89. The van der Waals surface area contributed by atoms with E-state index in [1.165, 1.54) is 4.31 Å². The maximum atomic E-state index is 12.4. The zero-order chi connectivity index (χ0) is 13.9. The van der Waals surface area contributed by atoms with Crippen LogP contribution in [0.4, 0.5) is 0 Å². The fraction of sp³-hybridized carbons (Fsp3) is 0.462. The van der Waals surface area contributed by atoms with Crippen molar-refractivity contribution in [3.63, 3.8) is 0 Å². The first kappa shape index (κ1) is 14.0. The Morgan fingerprint density at radius 3 is 2.26 bits per heavy atom. The summed E-state index contributed by atoms with van der Waals surface area (Å²) in [5.41, 5.74) is 0. The number of nitriles is 1. The van der Waals surface area contributed by atoms with E-state index in [1.54, 1.807) is 30.3 Å². The molecule has 1 saturated heterocycles. The lowest BCUT2D eigenvalue weighted by Gasteiger charge is -2.35. The molecule has 0 N–H and O–H groups in total. The van der Waals surface area contributed by atoms with Crippen molar-refractivity contribution in [1.82, 2.24) is 9.21 Å². The lowest BCUT2D eigenvalue weighted by Crippen LogP contribution is -2.50. The molecule has 1 heterocycles. The number of hydrogen-bond donors (Lipinski definition) is 0. The van der Waals surface area contributed by atoms with Crippen molar-refractivity contribution in [2.75, 3.05) is 26.2 Å². The van der Waals surface area contributed by atoms with Crippen molar-refractivity contribution in [3.05, 3.63) is 30.3 Å². The highest BCUT2D eigenvalue weighted by atomic mass is 32.2. The molecule has 0 aliphatic carbocycles. The van der Waals surface area contributed by atoms with Crippen LogP contribution in [0.25, 0.3) is 0 Å². The van der Waals surface area contributed by atoms with Crippen LogP contribution in [0.1, 0.15) is 6.92 Å². The highest BCUT2D eigenvalue weighted by Crippen LogP contribution is 2.17. The van der Waals surface area contributed by atoms with Gasteiger partial charge in [0.05, 0.1) is 17.0 Å². The molecule has 0 amide bonds. The first-order chi connectivity index (χ1) is 9.05. The van der Waals surface area contributed by atoms with Gasteiger partial charge < -0.3 is 0 Å². The number of nitrogens with zero attached hydrogens (tertiary/aromatic N) is 3. The van der Waals surface area contributed by atoms with E-state index >= 15 is 0 Å². The maximum Gasteiger partial charge on any atom is 0.243 e. The second-order valence-electron chi connectivity index (χ2n) is 4.56. The molecule has 0 radical (unpaired) electrons. The molecule has 1 fully saturated rings. The molecule has 1 atom stereocenters. The number of hydrogen-bond acceptors (Lipinski definition) is 4. The minimum absolute atomic E-state index is 0.165. The second-order valence-corrected chi connectivity index (χ2v) is 6.50. The molecule has 6 heteroatoms. The van der Waals surface area contributed by atoms with E-state index in [0.717, 1.165) is 0 Å². The first-order valence-corrected chi connectivity index (χ1v) is 7.68. The smallest absolute Gasteiger partial charge is 0.243 e. The summed E-state index contributed by atoms with van der Waals surface area (Å²) in [5, 5.41) is 8.87. The van der Waals surface area contributed by atoms with Crippen LogP contribution in [0.5, 0.6) is 0 Å². The van der Waals surface area contributed by atoms with Crippen LogP contribution >= 0.6 is 0 Å². The van der Waals surface area contributed by atoms with Crippen LogP contribution in [0, 0.1) is 11.3 Å². The molecule has 1 aliphatic rings. The number of sulfonamides is 1. The molecule has 1 aliphatic heterocycles. The van der Waals surface area contributed by atoms with E-state index in [2.05, 4.69) is 6.07 Å². The van der Waals surface area contributed by atoms with Crippen molar-refractivity contribution >= 4 is 10.0 Å². The first-order valence-electron chi connectivity index (χ1n) is 6.24. The molecular formula is C13H17N3O2S. The predicted octanol–water partition coefficient (Wildman–Crippen LogP) is 0.905.